The maximum absolute atomic E-state index is 12.5. The summed E-state index contributed by atoms with van der Waals surface area (Å²) in [5.74, 6) is 0.846. The van der Waals surface area contributed by atoms with Gasteiger partial charge in [-0.2, -0.15) is 13.2 Å². The average Bonchev–Trinajstić information content (AvgIpc) is 2.46. The Bertz CT molecular complexity index is 610. The zero-order chi connectivity index (χ0) is 16.3. The van der Waals surface area contributed by atoms with Gasteiger partial charge in [0, 0.05) is 29.6 Å². The molecular formula is C16H19ClF3N3. The molecule has 7 heteroatoms. The van der Waals surface area contributed by atoms with Crippen molar-refractivity contribution in [1.29, 1.82) is 0 Å². The summed E-state index contributed by atoms with van der Waals surface area (Å²) in [6, 6.07) is 4.65. The van der Waals surface area contributed by atoms with Gasteiger partial charge in [0.05, 0.1) is 5.56 Å². The van der Waals surface area contributed by atoms with E-state index in [1.807, 2.05) is 0 Å². The molecule has 0 amide bonds. The summed E-state index contributed by atoms with van der Waals surface area (Å²) in [4.78, 5) is 8.39. The molecule has 0 unspecified atom stereocenters. The molecule has 0 saturated heterocycles. The molecule has 0 saturated carbocycles. The highest BCUT2D eigenvalue weighted by molar-refractivity contribution is 5.85. The average molecular weight is 346 g/mol. The van der Waals surface area contributed by atoms with Crippen molar-refractivity contribution in [1.82, 2.24) is 9.97 Å². The van der Waals surface area contributed by atoms with Crippen LogP contribution in [-0.4, -0.2) is 9.97 Å². The molecule has 126 valence electrons. The van der Waals surface area contributed by atoms with Gasteiger partial charge >= 0.3 is 6.18 Å². The van der Waals surface area contributed by atoms with Gasteiger partial charge in [-0.3, -0.25) is 0 Å². The summed E-state index contributed by atoms with van der Waals surface area (Å²) in [6.07, 6.45) is -0.254. The summed E-state index contributed by atoms with van der Waals surface area (Å²) < 4.78 is 37.6. The first kappa shape index (κ1) is 19.4. The molecule has 0 aliphatic heterocycles. The monoisotopic (exact) mass is 345 g/mol. The van der Waals surface area contributed by atoms with Crippen LogP contribution in [-0.2, 0) is 6.18 Å². The Morgan fingerprint density at radius 3 is 2.00 bits per heavy atom. The highest BCUT2D eigenvalue weighted by Gasteiger charge is 2.30. The molecule has 2 rings (SSSR count). The fourth-order valence-electron chi connectivity index (χ4n) is 2.13. The van der Waals surface area contributed by atoms with E-state index in [9.17, 15) is 13.2 Å². The molecule has 0 fully saturated rings. The first-order valence-corrected chi connectivity index (χ1v) is 7.02. The van der Waals surface area contributed by atoms with Crippen molar-refractivity contribution in [2.45, 2.75) is 32.5 Å². The van der Waals surface area contributed by atoms with E-state index in [1.54, 1.807) is 12.4 Å². The first-order valence-electron chi connectivity index (χ1n) is 7.02. The fourth-order valence-corrected chi connectivity index (χ4v) is 2.13. The number of hydrogen-bond donors (Lipinski definition) is 1. The van der Waals surface area contributed by atoms with Crippen molar-refractivity contribution in [3.63, 3.8) is 0 Å². The van der Waals surface area contributed by atoms with Crippen molar-refractivity contribution in [2.24, 2.45) is 11.7 Å². The lowest BCUT2D eigenvalue weighted by molar-refractivity contribution is -0.137. The lowest BCUT2D eigenvalue weighted by atomic mass is 10.00. The minimum atomic E-state index is -4.34. The van der Waals surface area contributed by atoms with Crippen molar-refractivity contribution in [3.8, 4) is 11.4 Å². The summed E-state index contributed by atoms with van der Waals surface area (Å²) in [6.45, 7) is 4.16. The van der Waals surface area contributed by atoms with E-state index in [-0.39, 0.29) is 18.4 Å². The molecule has 0 bridgehead atoms. The van der Waals surface area contributed by atoms with Crippen LogP contribution >= 0.6 is 12.4 Å². The molecule has 2 N–H and O–H groups in total. The highest BCUT2D eigenvalue weighted by Crippen LogP contribution is 2.30. The number of hydrogen-bond acceptors (Lipinski definition) is 3. The molecule has 1 heterocycles. The Morgan fingerprint density at radius 2 is 1.57 bits per heavy atom. The Hall–Kier alpha value is -1.66. The molecule has 0 aliphatic rings. The molecule has 0 spiro atoms. The van der Waals surface area contributed by atoms with Crippen molar-refractivity contribution in [2.75, 3.05) is 0 Å². The standard InChI is InChI=1S/C16H18F3N3.ClH/c1-10(2)7-14(20)12-8-21-15(22-9-12)11-3-5-13(6-4-11)16(17,18)19;/h3-6,8-10,14H,7,20H2,1-2H3;1H/t14-;/m0./s1. The summed E-state index contributed by atoms with van der Waals surface area (Å²) in [5.41, 5.74) is 6.72. The maximum atomic E-state index is 12.5. The molecule has 1 atom stereocenters. The maximum Gasteiger partial charge on any atom is 0.416 e. The Balaban J connectivity index is 0.00000264. The van der Waals surface area contributed by atoms with E-state index in [1.165, 1.54) is 12.1 Å². The van der Waals surface area contributed by atoms with Crippen LogP contribution in [0.3, 0.4) is 0 Å². The van der Waals surface area contributed by atoms with Crippen molar-refractivity contribution >= 4 is 12.4 Å². The molecule has 3 nitrogen and oxygen atoms in total. The topological polar surface area (TPSA) is 51.8 Å². The zero-order valence-corrected chi connectivity index (χ0v) is 13.7. The Morgan fingerprint density at radius 1 is 1.04 bits per heavy atom. The molecular weight excluding hydrogens is 327 g/mol. The number of nitrogens with two attached hydrogens (primary N) is 1. The van der Waals surface area contributed by atoms with Gasteiger partial charge in [0.15, 0.2) is 5.82 Å². The second-order valence-electron chi connectivity index (χ2n) is 5.65. The zero-order valence-electron chi connectivity index (χ0n) is 12.8. The molecule has 2 aromatic rings. The quantitative estimate of drug-likeness (QED) is 0.878. The molecule has 1 aromatic heterocycles. The van der Waals surface area contributed by atoms with Gasteiger partial charge in [-0.25, -0.2) is 9.97 Å². The number of alkyl halides is 3. The van der Waals surface area contributed by atoms with E-state index < -0.39 is 11.7 Å². The molecule has 0 aliphatic carbocycles. The first-order chi connectivity index (χ1) is 10.3. The summed E-state index contributed by atoms with van der Waals surface area (Å²) >= 11 is 0. The predicted octanol–water partition coefficient (Wildman–Crippen LogP) is 4.63. The predicted molar refractivity (Wildman–Crippen MR) is 86.1 cm³/mol. The number of halogens is 4. The van der Waals surface area contributed by atoms with E-state index in [0.717, 1.165) is 24.1 Å². The minimum absolute atomic E-state index is 0. The van der Waals surface area contributed by atoms with E-state index in [2.05, 4.69) is 23.8 Å². The minimum Gasteiger partial charge on any atom is -0.324 e. The van der Waals surface area contributed by atoms with Crippen molar-refractivity contribution < 1.29 is 13.2 Å². The highest BCUT2D eigenvalue weighted by atomic mass is 35.5. The van der Waals surface area contributed by atoms with Gasteiger partial charge in [-0.1, -0.05) is 26.0 Å². The SMILES string of the molecule is CC(C)C[C@H](N)c1cnc(-c2ccc(C(F)(F)F)cc2)nc1.Cl. The number of nitrogens with zero attached hydrogens (tertiary/aromatic N) is 2. The van der Waals surface area contributed by atoms with Gasteiger partial charge in [0.25, 0.3) is 0 Å². The van der Waals surface area contributed by atoms with Gasteiger partial charge in [0.1, 0.15) is 0 Å². The van der Waals surface area contributed by atoms with Gasteiger partial charge in [-0.05, 0) is 24.5 Å². The van der Waals surface area contributed by atoms with E-state index >= 15 is 0 Å². The Labute approximate surface area is 139 Å². The third-order valence-electron chi connectivity index (χ3n) is 3.30. The second-order valence-corrected chi connectivity index (χ2v) is 5.65. The molecule has 23 heavy (non-hydrogen) atoms. The molecule has 1 aromatic carbocycles. The van der Waals surface area contributed by atoms with Crippen LogP contribution in [0.4, 0.5) is 13.2 Å². The Kier molecular flexibility index (Phi) is 6.53. The molecule has 0 radical (unpaired) electrons. The van der Waals surface area contributed by atoms with Crippen molar-refractivity contribution in [3.05, 3.63) is 47.8 Å². The van der Waals surface area contributed by atoms with Gasteiger partial charge in [-0.15, -0.1) is 12.4 Å². The van der Waals surface area contributed by atoms with E-state index in [4.69, 9.17) is 5.73 Å². The van der Waals surface area contributed by atoms with Crippen LogP contribution in [0.15, 0.2) is 36.7 Å². The van der Waals surface area contributed by atoms with Crippen LogP contribution in [0.1, 0.15) is 37.4 Å². The fraction of sp³-hybridized carbons (Fsp3) is 0.375. The van der Waals surface area contributed by atoms with Crippen LogP contribution in [0.25, 0.3) is 11.4 Å². The normalized spacial score (nSPS) is 12.8. The van der Waals surface area contributed by atoms with Crippen LogP contribution in [0.2, 0.25) is 0 Å². The third-order valence-corrected chi connectivity index (χ3v) is 3.30. The van der Waals surface area contributed by atoms with Crippen LogP contribution in [0.5, 0.6) is 0 Å². The number of rotatable bonds is 4. The number of benzene rings is 1. The van der Waals surface area contributed by atoms with Gasteiger partial charge in [0.2, 0.25) is 0 Å². The smallest absolute Gasteiger partial charge is 0.324 e. The van der Waals surface area contributed by atoms with E-state index in [0.29, 0.717) is 17.3 Å². The lowest BCUT2D eigenvalue weighted by Crippen LogP contribution is -2.13. The lowest BCUT2D eigenvalue weighted by Gasteiger charge is -2.14. The largest absolute Gasteiger partial charge is 0.416 e. The third kappa shape index (κ3) is 5.18. The van der Waals surface area contributed by atoms with Crippen LogP contribution < -0.4 is 5.73 Å². The van der Waals surface area contributed by atoms with Gasteiger partial charge < -0.3 is 5.73 Å². The summed E-state index contributed by atoms with van der Waals surface area (Å²) in [5, 5.41) is 0. The van der Waals surface area contributed by atoms with Crippen LogP contribution in [0, 0.1) is 5.92 Å². The summed E-state index contributed by atoms with van der Waals surface area (Å²) in [7, 11) is 0. The second kappa shape index (κ2) is 7.75. The number of aromatic nitrogens is 2.